The predicted molar refractivity (Wildman–Crippen MR) is 89.0 cm³/mol. The first-order valence-electron chi connectivity index (χ1n) is 7.35. The molecule has 2 unspecified atom stereocenters. The Morgan fingerprint density at radius 3 is 2.70 bits per heavy atom. The SMILES string of the molecule is Cc1c(Br)cccc1/C=C/CCN1CC(C)OC(C)C1. The average Bonchev–Trinajstić information content (AvgIpc) is 2.38. The zero-order valence-electron chi connectivity index (χ0n) is 12.6. The Balaban J connectivity index is 1.83. The van der Waals surface area contributed by atoms with Gasteiger partial charge >= 0.3 is 0 Å². The van der Waals surface area contributed by atoms with Crippen LogP contribution in [0, 0.1) is 6.92 Å². The predicted octanol–water partition coefficient (Wildman–Crippen LogP) is 4.27. The van der Waals surface area contributed by atoms with Crippen LogP contribution in [0.15, 0.2) is 28.7 Å². The molecular formula is C17H24BrNO. The molecule has 20 heavy (non-hydrogen) atoms. The highest BCUT2D eigenvalue weighted by Crippen LogP contribution is 2.20. The van der Waals surface area contributed by atoms with E-state index in [0.717, 1.165) is 26.1 Å². The van der Waals surface area contributed by atoms with Gasteiger partial charge in [0.2, 0.25) is 0 Å². The standard InChI is InChI=1S/C17H24BrNO/c1-13-11-19(12-14(2)20-13)10-5-4-7-16-8-6-9-17(18)15(16)3/h4,6-9,13-14H,5,10-12H2,1-3H3/b7-4+. The van der Waals surface area contributed by atoms with Crippen molar-refractivity contribution in [1.82, 2.24) is 4.90 Å². The maximum Gasteiger partial charge on any atom is 0.0678 e. The van der Waals surface area contributed by atoms with Crippen molar-refractivity contribution in [1.29, 1.82) is 0 Å². The van der Waals surface area contributed by atoms with Crippen LogP contribution in [0.3, 0.4) is 0 Å². The minimum Gasteiger partial charge on any atom is -0.373 e. The van der Waals surface area contributed by atoms with E-state index in [4.69, 9.17) is 4.74 Å². The van der Waals surface area contributed by atoms with Crippen molar-refractivity contribution >= 4 is 22.0 Å². The van der Waals surface area contributed by atoms with Crippen molar-refractivity contribution < 1.29 is 4.74 Å². The summed E-state index contributed by atoms with van der Waals surface area (Å²) in [5.74, 6) is 0. The molecule has 0 amide bonds. The first-order valence-corrected chi connectivity index (χ1v) is 8.15. The Kier molecular flexibility index (Phi) is 5.82. The van der Waals surface area contributed by atoms with Crippen LogP contribution in [0.4, 0.5) is 0 Å². The molecule has 0 saturated carbocycles. The number of benzene rings is 1. The van der Waals surface area contributed by atoms with Crippen LogP contribution in [0.1, 0.15) is 31.4 Å². The Hall–Kier alpha value is -0.640. The van der Waals surface area contributed by atoms with Crippen molar-refractivity contribution in [2.45, 2.75) is 39.4 Å². The minimum atomic E-state index is 0.357. The van der Waals surface area contributed by atoms with Crippen molar-refractivity contribution in [2.75, 3.05) is 19.6 Å². The van der Waals surface area contributed by atoms with E-state index in [-0.39, 0.29) is 0 Å². The van der Waals surface area contributed by atoms with Crippen LogP contribution >= 0.6 is 15.9 Å². The molecule has 2 rings (SSSR count). The van der Waals surface area contributed by atoms with Crippen molar-refractivity contribution in [3.05, 3.63) is 39.9 Å². The number of ether oxygens (including phenoxy) is 1. The summed E-state index contributed by atoms with van der Waals surface area (Å²) in [7, 11) is 0. The highest BCUT2D eigenvalue weighted by Gasteiger charge is 2.20. The molecule has 1 aliphatic rings. The van der Waals surface area contributed by atoms with E-state index in [1.54, 1.807) is 0 Å². The summed E-state index contributed by atoms with van der Waals surface area (Å²) in [6.07, 6.45) is 6.31. The van der Waals surface area contributed by atoms with Crippen LogP contribution in [0.5, 0.6) is 0 Å². The van der Waals surface area contributed by atoms with Gasteiger partial charge in [-0.3, -0.25) is 4.90 Å². The van der Waals surface area contributed by atoms with Gasteiger partial charge in [0.05, 0.1) is 12.2 Å². The molecule has 1 aromatic carbocycles. The molecule has 2 nitrogen and oxygen atoms in total. The zero-order chi connectivity index (χ0) is 14.5. The monoisotopic (exact) mass is 337 g/mol. The Morgan fingerprint density at radius 1 is 1.30 bits per heavy atom. The van der Waals surface area contributed by atoms with E-state index >= 15 is 0 Å². The van der Waals surface area contributed by atoms with E-state index in [1.165, 1.54) is 15.6 Å². The molecule has 1 fully saturated rings. The summed E-state index contributed by atoms with van der Waals surface area (Å²) in [6.45, 7) is 9.67. The summed E-state index contributed by atoms with van der Waals surface area (Å²) >= 11 is 3.57. The highest BCUT2D eigenvalue weighted by atomic mass is 79.9. The molecule has 3 heteroatoms. The number of halogens is 1. The fourth-order valence-corrected chi connectivity index (χ4v) is 3.12. The van der Waals surface area contributed by atoms with Gasteiger partial charge in [-0.25, -0.2) is 0 Å². The number of rotatable bonds is 4. The molecule has 0 aliphatic carbocycles. The fourth-order valence-electron chi connectivity index (χ4n) is 2.74. The largest absolute Gasteiger partial charge is 0.373 e. The summed E-state index contributed by atoms with van der Waals surface area (Å²) in [5, 5.41) is 0. The van der Waals surface area contributed by atoms with Gasteiger partial charge in [-0.15, -0.1) is 0 Å². The molecule has 0 spiro atoms. The van der Waals surface area contributed by atoms with Gasteiger partial charge in [-0.2, -0.15) is 0 Å². The Labute approximate surface area is 130 Å². The van der Waals surface area contributed by atoms with E-state index in [0.29, 0.717) is 12.2 Å². The van der Waals surface area contributed by atoms with Gasteiger partial charge in [0.1, 0.15) is 0 Å². The van der Waals surface area contributed by atoms with E-state index in [9.17, 15) is 0 Å². The molecule has 1 saturated heterocycles. The second-order valence-corrected chi connectivity index (χ2v) is 6.52. The smallest absolute Gasteiger partial charge is 0.0678 e. The number of nitrogens with zero attached hydrogens (tertiary/aromatic N) is 1. The maximum atomic E-state index is 5.76. The Bertz CT molecular complexity index is 462. The molecular weight excluding hydrogens is 314 g/mol. The molecule has 1 heterocycles. The van der Waals surface area contributed by atoms with E-state index in [1.807, 2.05) is 0 Å². The second-order valence-electron chi connectivity index (χ2n) is 5.66. The lowest BCUT2D eigenvalue weighted by Gasteiger charge is -2.35. The summed E-state index contributed by atoms with van der Waals surface area (Å²) < 4.78 is 6.93. The number of hydrogen-bond acceptors (Lipinski definition) is 2. The maximum absolute atomic E-state index is 5.76. The van der Waals surface area contributed by atoms with Gasteiger partial charge in [0.25, 0.3) is 0 Å². The molecule has 2 atom stereocenters. The number of morpholine rings is 1. The van der Waals surface area contributed by atoms with Crippen LogP contribution < -0.4 is 0 Å². The average molecular weight is 338 g/mol. The lowest BCUT2D eigenvalue weighted by atomic mass is 10.1. The van der Waals surface area contributed by atoms with Crippen LogP contribution in [-0.2, 0) is 4.74 Å². The fraction of sp³-hybridized carbons (Fsp3) is 0.529. The normalized spacial score (nSPS) is 24.4. The minimum absolute atomic E-state index is 0.357. The summed E-state index contributed by atoms with van der Waals surface area (Å²) in [5.41, 5.74) is 2.60. The Morgan fingerprint density at radius 2 is 2.00 bits per heavy atom. The van der Waals surface area contributed by atoms with Gasteiger partial charge in [-0.05, 0) is 44.4 Å². The van der Waals surface area contributed by atoms with Crippen LogP contribution in [0.2, 0.25) is 0 Å². The molecule has 0 bridgehead atoms. The van der Waals surface area contributed by atoms with E-state index in [2.05, 4.69) is 72.0 Å². The molecule has 1 aromatic rings. The molecule has 0 aromatic heterocycles. The van der Waals surface area contributed by atoms with Crippen molar-refractivity contribution in [3.8, 4) is 0 Å². The second kappa shape index (κ2) is 7.39. The number of hydrogen-bond donors (Lipinski definition) is 0. The van der Waals surface area contributed by atoms with Gasteiger partial charge < -0.3 is 4.74 Å². The topological polar surface area (TPSA) is 12.5 Å². The molecule has 1 aliphatic heterocycles. The summed E-state index contributed by atoms with van der Waals surface area (Å²) in [6, 6.07) is 6.33. The lowest BCUT2D eigenvalue weighted by Crippen LogP contribution is -2.45. The third-order valence-electron chi connectivity index (χ3n) is 3.71. The highest BCUT2D eigenvalue weighted by molar-refractivity contribution is 9.10. The van der Waals surface area contributed by atoms with Crippen molar-refractivity contribution in [3.63, 3.8) is 0 Å². The molecule has 0 radical (unpaired) electrons. The quantitative estimate of drug-likeness (QED) is 0.813. The third-order valence-corrected chi connectivity index (χ3v) is 4.57. The van der Waals surface area contributed by atoms with Crippen molar-refractivity contribution in [2.24, 2.45) is 0 Å². The van der Waals surface area contributed by atoms with E-state index < -0.39 is 0 Å². The first-order chi connectivity index (χ1) is 9.56. The lowest BCUT2D eigenvalue weighted by molar-refractivity contribution is -0.0673. The van der Waals surface area contributed by atoms with Gasteiger partial charge in [0.15, 0.2) is 0 Å². The first kappa shape index (κ1) is 15.7. The molecule has 0 N–H and O–H groups in total. The zero-order valence-corrected chi connectivity index (χ0v) is 14.2. The molecule has 110 valence electrons. The summed E-state index contributed by atoms with van der Waals surface area (Å²) in [4.78, 5) is 2.50. The van der Waals surface area contributed by atoms with Gasteiger partial charge in [-0.1, -0.05) is 40.2 Å². The van der Waals surface area contributed by atoms with Crippen LogP contribution in [-0.4, -0.2) is 36.7 Å². The van der Waals surface area contributed by atoms with Gasteiger partial charge in [0, 0.05) is 24.1 Å². The van der Waals surface area contributed by atoms with Crippen LogP contribution in [0.25, 0.3) is 6.08 Å². The third kappa shape index (κ3) is 4.44.